The fraction of sp³-hybridized carbons (Fsp3) is 0.250. The Bertz CT molecular complexity index is 922. The van der Waals surface area contributed by atoms with Crippen molar-refractivity contribution in [2.24, 2.45) is 0 Å². The van der Waals surface area contributed by atoms with Crippen molar-refractivity contribution in [1.29, 1.82) is 0 Å². The lowest BCUT2D eigenvalue weighted by molar-refractivity contribution is -0.113. The molecule has 27 heavy (non-hydrogen) atoms. The quantitative estimate of drug-likeness (QED) is 0.625. The number of carbonyl (C=O) groups is 1. The molecule has 0 unspecified atom stereocenters. The van der Waals surface area contributed by atoms with Crippen molar-refractivity contribution >= 4 is 23.4 Å². The van der Waals surface area contributed by atoms with Crippen LogP contribution in [0.1, 0.15) is 12.5 Å². The minimum atomic E-state index is -0.0718. The summed E-state index contributed by atoms with van der Waals surface area (Å²) < 4.78 is 7.28. The third-order valence-corrected chi connectivity index (χ3v) is 5.00. The average molecular weight is 382 g/mol. The molecule has 6 nitrogen and oxygen atoms in total. The molecule has 140 valence electrons. The van der Waals surface area contributed by atoms with E-state index in [4.69, 9.17) is 4.74 Å². The molecule has 0 atom stereocenters. The first kappa shape index (κ1) is 19.0. The molecule has 1 aromatic heterocycles. The van der Waals surface area contributed by atoms with Gasteiger partial charge in [-0.15, -0.1) is 10.2 Å². The lowest BCUT2D eigenvalue weighted by Crippen LogP contribution is -2.14. The molecule has 3 aromatic rings. The summed E-state index contributed by atoms with van der Waals surface area (Å²) in [7, 11) is 1.64. The summed E-state index contributed by atoms with van der Waals surface area (Å²) >= 11 is 1.37. The number of aromatic nitrogens is 3. The van der Waals surface area contributed by atoms with Crippen LogP contribution in [0.15, 0.2) is 53.7 Å². The van der Waals surface area contributed by atoms with Crippen LogP contribution in [0.2, 0.25) is 0 Å². The number of methoxy groups -OCH3 is 1. The zero-order valence-corrected chi connectivity index (χ0v) is 16.4. The fourth-order valence-electron chi connectivity index (χ4n) is 2.62. The van der Waals surface area contributed by atoms with E-state index < -0.39 is 0 Å². The number of carbonyl (C=O) groups excluding carboxylic acids is 1. The average Bonchev–Trinajstić information content (AvgIpc) is 3.11. The molecule has 0 aliphatic heterocycles. The molecular weight excluding hydrogens is 360 g/mol. The zero-order valence-electron chi connectivity index (χ0n) is 15.6. The van der Waals surface area contributed by atoms with Crippen molar-refractivity contribution in [2.75, 3.05) is 18.2 Å². The van der Waals surface area contributed by atoms with E-state index in [0.717, 1.165) is 33.5 Å². The summed E-state index contributed by atoms with van der Waals surface area (Å²) in [5, 5.41) is 12.2. The summed E-state index contributed by atoms with van der Waals surface area (Å²) in [6.45, 7) is 4.75. The molecule has 3 rings (SSSR count). The van der Waals surface area contributed by atoms with Gasteiger partial charge >= 0.3 is 0 Å². The van der Waals surface area contributed by atoms with Crippen molar-refractivity contribution in [1.82, 2.24) is 14.8 Å². The molecule has 0 bridgehead atoms. The smallest absolute Gasteiger partial charge is 0.234 e. The van der Waals surface area contributed by atoms with Gasteiger partial charge in [0, 0.05) is 17.8 Å². The van der Waals surface area contributed by atoms with Crippen molar-refractivity contribution in [3.8, 4) is 17.1 Å². The number of rotatable bonds is 7. The topological polar surface area (TPSA) is 69.0 Å². The van der Waals surface area contributed by atoms with Gasteiger partial charge in [-0.3, -0.25) is 4.79 Å². The molecule has 0 aliphatic rings. The Kier molecular flexibility index (Phi) is 6.13. The van der Waals surface area contributed by atoms with E-state index in [1.807, 2.05) is 66.9 Å². The van der Waals surface area contributed by atoms with Crippen LogP contribution < -0.4 is 10.1 Å². The van der Waals surface area contributed by atoms with E-state index in [9.17, 15) is 4.79 Å². The monoisotopic (exact) mass is 382 g/mol. The first-order valence-corrected chi connectivity index (χ1v) is 9.66. The number of ether oxygens (including phenoxy) is 1. The number of nitrogens with one attached hydrogen (secondary N) is 1. The highest BCUT2D eigenvalue weighted by Gasteiger charge is 2.15. The highest BCUT2D eigenvalue weighted by molar-refractivity contribution is 7.99. The molecule has 0 saturated heterocycles. The fourth-order valence-corrected chi connectivity index (χ4v) is 3.42. The molecule has 0 aliphatic carbocycles. The largest absolute Gasteiger partial charge is 0.497 e. The summed E-state index contributed by atoms with van der Waals surface area (Å²) in [6.07, 6.45) is 0. The van der Waals surface area contributed by atoms with Gasteiger partial charge in [0.2, 0.25) is 5.91 Å². The Hall–Kier alpha value is -2.80. The van der Waals surface area contributed by atoms with Gasteiger partial charge < -0.3 is 14.6 Å². The van der Waals surface area contributed by atoms with Crippen LogP contribution in [0.5, 0.6) is 5.75 Å². The molecule has 1 heterocycles. The summed E-state index contributed by atoms with van der Waals surface area (Å²) in [5.41, 5.74) is 2.88. The lowest BCUT2D eigenvalue weighted by Gasteiger charge is -2.09. The minimum absolute atomic E-state index is 0.0718. The summed E-state index contributed by atoms with van der Waals surface area (Å²) in [6, 6.07) is 15.4. The Balaban J connectivity index is 1.69. The van der Waals surface area contributed by atoms with Gasteiger partial charge in [0.15, 0.2) is 11.0 Å². The Morgan fingerprint density at radius 3 is 2.67 bits per heavy atom. The molecule has 0 saturated carbocycles. The second kappa shape index (κ2) is 8.73. The van der Waals surface area contributed by atoms with Crippen molar-refractivity contribution in [2.45, 2.75) is 25.5 Å². The SMILES string of the molecule is CCn1c(SCC(=O)Nc2ccc(C)cc2)nnc1-c1cccc(OC)c1. The summed E-state index contributed by atoms with van der Waals surface area (Å²) in [4.78, 5) is 12.2. The van der Waals surface area contributed by atoms with E-state index in [2.05, 4.69) is 15.5 Å². The van der Waals surface area contributed by atoms with Crippen molar-refractivity contribution in [3.05, 3.63) is 54.1 Å². The Morgan fingerprint density at radius 2 is 1.96 bits per heavy atom. The van der Waals surface area contributed by atoms with Crippen molar-refractivity contribution in [3.63, 3.8) is 0 Å². The summed E-state index contributed by atoms with van der Waals surface area (Å²) in [5.74, 6) is 1.73. The van der Waals surface area contributed by atoms with Crippen LogP contribution in [0.4, 0.5) is 5.69 Å². The number of hydrogen-bond donors (Lipinski definition) is 1. The lowest BCUT2D eigenvalue weighted by atomic mass is 10.2. The standard InChI is InChI=1S/C20H22N4O2S/c1-4-24-19(15-6-5-7-17(12-15)26-3)22-23-20(24)27-13-18(25)21-16-10-8-14(2)9-11-16/h5-12H,4,13H2,1-3H3,(H,21,25). The second-order valence-corrected chi connectivity index (χ2v) is 6.93. The number of aryl methyl sites for hydroxylation is 1. The number of anilines is 1. The molecule has 2 aromatic carbocycles. The minimum Gasteiger partial charge on any atom is -0.497 e. The molecule has 7 heteroatoms. The van der Waals surface area contributed by atoms with Crippen LogP contribution in [-0.2, 0) is 11.3 Å². The van der Waals surface area contributed by atoms with Crippen LogP contribution in [0, 0.1) is 6.92 Å². The van der Waals surface area contributed by atoms with Crippen LogP contribution >= 0.6 is 11.8 Å². The number of hydrogen-bond acceptors (Lipinski definition) is 5. The normalized spacial score (nSPS) is 10.6. The van der Waals surface area contributed by atoms with E-state index in [1.165, 1.54) is 11.8 Å². The molecular formula is C20H22N4O2S. The first-order chi connectivity index (χ1) is 13.1. The van der Waals surface area contributed by atoms with Crippen molar-refractivity contribution < 1.29 is 9.53 Å². The highest BCUT2D eigenvalue weighted by atomic mass is 32.2. The molecule has 0 radical (unpaired) electrons. The van der Waals surface area contributed by atoms with E-state index >= 15 is 0 Å². The predicted octanol–water partition coefficient (Wildman–Crippen LogP) is 4.01. The number of amides is 1. The Labute approximate surface area is 163 Å². The second-order valence-electron chi connectivity index (χ2n) is 5.99. The number of benzene rings is 2. The van der Waals surface area contributed by atoms with Gasteiger partial charge in [-0.05, 0) is 38.1 Å². The Morgan fingerprint density at radius 1 is 1.19 bits per heavy atom. The zero-order chi connectivity index (χ0) is 19.2. The third kappa shape index (κ3) is 4.68. The maximum atomic E-state index is 12.2. The number of nitrogens with zero attached hydrogens (tertiary/aromatic N) is 3. The maximum Gasteiger partial charge on any atom is 0.234 e. The van der Waals surface area contributed by atoms with Gasteiger partial charge in [-0.25, -0.2) is 0 Å². The van der Waals surface area contributed by atoms with Crippen LogP contribution in [-0.4, -0.2) is 33.5 Å². The first-order valence-electron chi connectivity index (χ1n) is 8.67. The van der Waals surface area contributed by atoms with E-state index in [-0.39, 0.29) is 11.7 Å². The number of thioether (sulfide) groups is 1. The molecule has 1 N–H and O–H groups in total. The van der Waals surface area contributed by atoms with Gasteiger partial charge in [0.1, 0.15) is 5.75 Å². The van der Waals surface area contributed by atoms with E-state index in [1.54, 1.807) is 7.11 Å². The highest BCUT2D eigenvalue weighted by Crippen LogP contribution is 2.26. The van der Waals surface area contributed by atoms with Crippen LogP contribution in [0.3, 0.4) is 0 Å². The van der Waals surface area contributed by atoms with Gasteiger partial charge in [0.25, 0.3) is 0 Å². The molecule has 1 amide bonds. The van der Waals surface area contributed by atoms with Gasteiger partial charge in [-0.1, -0.05) is 41.6 Å². The maximum absolute atomic E-state index is 12.2. The predicted molar refractivity (Wildman–Crippen MR) is 108 cm³/mol. The van der Waals surface area contributed by atoms with Crippen LogP contribution in [0.25, 0.3) is 11.4 Å². The third-order valence-electron chi connectivity index (χ3n) is 4.03. The molecule has 0 fully saturated rings. The molecule has 0 spiro atoms. The van der Waals surface area contributed by atoms with Gasteiger partial charge in [-0.2, -0.15) is 0 Å². The van der Waals surface area contributed by atoms with Gasteiger partial charge in [0.05, 0.1) is 12.9 Å². The van der Waals surface area contributed by atoms with E-state index in [0.29, 0.717) is 6.54 Å².